The molecule has 106 valence electrons. The summed E-state index contributed by atoms with van der Waals surface area (Å²) in [6.07, 6.45) is 0.777. The van der Waals surface area contributed by atoms with Crippen LogP contribution in [0, 0.1) is 13.8 Å². The van der Waals surface area contributed by atoms with E-state index in [2.05, 4.69) is 17.2 Å². The molecule has 0 aliphatic carbocycles. The molecule has 1 saturated heterocycles. The Morgan fingerprint density at radius 2 is 2.32 bits per heavy atom. The molecule has 3 atom stereocenters. The van der Waals surface area contributed by atoms with Crippen LogP contribution in [0.15, 0.2) is 0 Å². The third kappa shape index (κ3) is 3.52. The summed E-state index contributed by atoms with van der Waals surface area (Å²) in [5.74, 6) is -0.857. The van der Waals surface area contributed by atoms with E-state index in [4.69, 9.17) is 9.84 Å². The van der Waals surface area contributed by atoms with Crippen LogP contribution >= 0.6 is 11.3 Å². The van der Waals surface area contributed by atoms with Crippen molar-refractivity contribution in [2.45, 2.75) is 51.9 Å². The van der Waals surface area contributed by atoms with Crippen molar-refractivity contribution in [3.63, 3.8) is 0 Å². The molecule has 1 aliphatic heterocycles. The van der Waals surface area contributed by atoms with E-state index in [1.807, 2.05) is 13.8 Å². The van der Waals surface area contributed by atoms with Crippen LogP contribution < -0.4 is 5.32 Å². The number of aromatic nitrogens is 1. The normalized spacial score (nSPS) is 24.6. The van der Waals surface area contributed by atoms with Gasteiger partial charge in [-0.1, -0.05) is 0 Å². The lowest BCUT2D eigenvalue weighted by molar-refractivity contribution is -0.149. The van der Waals surface area contributed by atoms with Crippen LogP contribution in [0.1, 0.15) is 41.4 Å². The molecule has 1 fully saturated rings. The van der Waals surface area contributed by atoms with Gasteiger partial charge < -0.3 is 15.2 Å². The number of nitrogens with one attached hydrogen (secondary N) is 1. The first-order chi connectivity index (χ1) is 8.97. The lowest BCUT2D eigenvalue weighted by Gasteiger charge is -2.17. The summed E-state index contributed by atoms with van der Waals surface area (Å²) in [7, 11) is 0. The van der Waals surface area contributed by atoms with Gasteiger partial charge in [-0.3, -0.25) is 0 Å². The molecular weight excluding hydrogens is 264 g/mol. The van der Waals surface area contributed by atoms with Gasteiger partial charge in [-0.2, -0.15) is 0 Å². The van der Waals surface area contributed by atoms with Crippen LogP contribution in [0.2, 0.25) is 0 Å². The van der Waals surface area contributed by atoms with Gasteiger partial charge in [-0.05, 0) is 33.6 Å². The van der Waals surface area contributed by atoms with E-state index in [1.54, 1.807) is 11.3 Å². The van der Waals surface area contributed by atoms with Gasteiger partial charge in [0.05, 0.1) is 16.8 Å². The second-order valence-corrected chi connectivity index (χ2v) is 6.21. The number of ether oxygens (including phenoxy) is 1. The minimum Gasteiger partial charge on any atom is -0.479 e. The Kier molecular flexibility index (Phi) is 4.54. The van der Waals surface area contributed by atoms with E-state index >= 15 is 0 Å². The number of aliphatic carboxylic acids is 1. The molecule has 0 aromatic carbocycles. The monoisotopic (exact) mass is 284 g/mol. The molecule has 1 aromatic heterocycles. The van der Waals surface area contributed by atoms with Gasteiger partial charge in [0, 0.05) is 17.5 Å². The molecule has 2 heterocycles. The van der Waals surface area contributed by atoms with Gasteiger partial charge in [-0.25, -0.2) is 9.78 Å². The van der Waals surface area contributed by atoms with Gasteiger partial charge in [-0.15, -0.1) is 11.3 Å². The van der Waals surface area contributed by atoms with Crippen molar-refractivity contribution >= 4 is 17.3 Å². The maximum Gasteiger partial charge on any atom is 0.332 e. The first kappa shape index (κ1) is 14.4. The summed E-state index contributed by atoms with van der Waals surface area (Å²) in [4.78, 5) is 16.5. The van der Waals surface area contributed by atoms with E-state index in [-0.39, 0.29) is 12.1 Å². The van der Waals surface area contributed by atoms with E-state index in [1.165, 1.54) is 4.88 Å². The van der Waals surface area contributed by atoms with Crippen molar-refractivity contribution in [3.05, 3.63) is 15.6 Å². The zero-order valence-corrected chi connectivity index (χ0v) is 12.3. The number of carboxylic acids is 1. The predicted molar refractivity (Wildman–Crippen MR) is 73.5 cm³/mol. The van der Waals surface area contributed by atoms with E-state index in [0.29, 0.717) is 13.0 Å². The van der Waals surface area contributed by atoms with E-state index in [0.717, 1.165) is 17.1 Å². The quantitative estimate of drug-likeness (QED) is 0.866. The molecule has 1 aromatic rings. The number of carbonyl (C=O) groups is 1. The summed E-state index contributed by atoms with van der Waals surface area (Å²) in [6.45, 7) is 6.81. The van der Waals surface area contributed by atoms with Crippen molar-refractivity contribution in [1.29, 1.82) is 0 Å². The highest BCUT2D eigenvalue weighted by Gasteiger charge is 2.30. The highest BCUT2D eigenvalue weighted by atomic mass is 32.1. The van der Waals surface area contributed by atoms with Gasteiger partial charge in [0.1, 0.15) is 0 Å². The Bertz CT molecular complexity index is 461. The fourth-order valence-corrected chi connectivity index (χ4v) is 3.34. The number of hydrogen-bond acceptors (Lipinski definition) is 5. The highest BCUT2D eigenvalue weighted by molar-refractivity contribution is 7.11. The standard InChI is InChI=1S/C13H20N2O3S/c1-7(12-8(2)15-9(3)19-12)14-6-10-4-5-11(18-10)13(16)17/h7,10-11,14H,4-6H2,1-3H3,(H,16,17). The zero-order valence-electron chi connectivity index (χ0n) is 11.5. The molecule has 1 aliphatic rings. The lowest BCUT2D eigenvalue weighted by Crippen LogP contribution is -2.30. The van der Waals surface area contributed by atoms with E-state index in [9.17, 15) is 4.79 Å². The SMILES string of the molecule is Cc1nc(C)c(C(C)NCC2CCC(C(=O)O)O2)s1. The number of carboxylic acid groups (broad SMARTS) is 1. The summed E-state index contributed by atoms with van der Waals surface area (Å²) < 4.78 is 5.47. The second-order valence-electron chi connectivity index (χ2n) is 4.97. The lowest BCUT2D eigenvalue weighted by atomic mass is 10.2. The average molecular weight is 284 g/mol. The Balaban J connectivity index is 1.83. The van der Waals surface area contributed by atoms with Crippen LogP contribution in [0.4, 0.5) is 0 Å². The Morgan fingerprint density at radius 3 is 2.84 bits per heavy atom. The van der Waals surface area contributed by atoms with Crippen molar-refractivity contribution in [2.75, 3.05) is 6.54 Å². The number of thiazole rings is 1. The molecule has 2 N–H and O–H groups in total. The molecule has 3 unspecified atom stereocenters. The molecule has 0 spiro atoms. The van der Waals surface area contributed by atoms with Crippen LogP contribution in [0.5, 0.6) is 0 Å². The molecule has 6 heteroatoms. The zero-order chi connectivity index (χ0) is 14.0. The first-order valence-corrected chi connectivity index (χ1v) is 7.34. The molecule has 19 heavy (non-hydrogen) atoms. The van der Waals surface area contributed by atoms with Gasteiger partial charge in [0.25, 0.3) is 0 Å². The van der Waals surface area contributed by atoms with Gasteiger partial charge in [0.2, 0.25) is 0 Å². The van der Waals surface area contributed by atoms with E-state index < -0.39 is 12.1 Å². The third-order valence-corrected chi connectivity index (χ3v) is 4.62. The van der Waals surface area contributed by atoms with Crippen LogP contribution in [0.3, 0.4) is 0 Å². The summed E-state index contributed by atoms with van der Waals surface area (Å²) >= 11 is 1.70. The van der Waals surface area contributed by atoms with Gasteiger partial charge >= 0.3 is 5.97 Å². The molecule has 0 bridgehead atoms. The Labute approximate surface area is 117 Å². The minimum atomic E-state index is -0.857. The van der Waals surface area contributed by atoms with Crippen LogP contribution in [-0.2, 0) is 9.53 Å². The summed E-state index contributed by atoms with van der Waals surface area (Å²) in [6, 6.07) is 0.221. The molecule has 0 saturated carbocycles. The number of hydrogen-bond donors (Lipinski definition) is 2. The van der Waals surface area contributed by atoms with Gasteiger partial charge in [0.15, 0.2) is 6.10 Å². The third-order valence-electron chi connectivity index (χ3n) is 3.37. The average Bonchev–Trinajstić information content (AvgIpc) is 2.93. The largest absolute Gasteiger partial charge is 0.479 e. The molecule has 0 amide bonds. The fourth-order valence-electron chi connectivity index (χ4n) is 2.39. The van der Waals surface area contributed by atoms with Crippen molar-refractivity contribution in [1.82, 2.24) is 10.3 Å². The summed E-state index contributed by atoms with van der Waals surface area (Å²) in [5.41, 5.74) is 1.07. The van der Waals surface area contributed by atoms with Crippen molar-refractivity contribution in [2.24, 2.45) is 0 Å². The topological polar surface area (TPSA) is 71.5 Å². The smallest absolute Gasteiger partial charge is 0.332 e. The van der Waals surface area contributed by atoms with Crippen LogP contribution in [0.25, 0.3) is 0 Å². The molecule has 0 radical (unpaired) electrons. The number of aryl methyl sites for hydroxylation is 2. The highest BCUT2D eigenvalue weighted by Crippen LogP contribution is 2.25. The number of nitrogens with zero attached hydrogens (tertiary/aromatic N) is 1. The van der Waals surface area contributed by atoms with Crippen LogP contribution in [-0.4, -0.2) is 34.8 Å². The first-order valence-electron chi connectivity index (χ1n) is 6.53. The van der Waals surface area contributed by atoms with Crippen molar-refractivity contribution < 1.29 is 14.6 Å². The fraction of sp³-hybridized carbons (Fsp3) is 0.692. The molecular formula is C13H20N2O3S. The predicted octanol–water partition coefficient (Wildman–Crippen LogP) is 2.04. The van der Waals surface area contributed by atoms with Crippen molar-refractivity contribution in [3.8, 4) is 0 Å². The molecule has 5 nitrogen and oxygen atoms in total. The summed E-state index contributed by atoms with van der Waals surface area (Å²) in [5, 5.41) is 13.4. The number of rotatable bonds is 5. The molecule has 2 rings (SSSR count). The maximum atomic E-state index is 10.8. The second kappa shape index (κ2) is 5.98. The minimum absolute atomic E-state index is 0.00197. The maximum absolute atomic E-state index is 10.8. The Hall–Kier alpha value is -0.980. The Morgan fingerprint density at radius 1 is 1.58 bits per heavy atom.